The fourth-order valence-corrected chi connectivity index (χ4v) is 5.58. The summed E-state index contributed by atoms with van der Waals surface area (Å²) in [6.07, 6.45) is 1.48. The predicted octanol–water partition coefficient (Wildman–Crippen LogP) is 6.32. The number of nitrogens with zero attached hydrogens (tertiary/aromatic N) is 3. The third-order valence-electron chi connectivity index (χ3n) is 7.32. The van der Waals surface area contributed by atoms with Gasteiger partial charge in [-0.3, -0.25) is 9.48 Å². The summed E-state index contributed by atoms with van der Waals surface area (Å²) in [4.78, 5) is 24.7. The number of benzene rings is 1. The van der Waals surface area contributed by atoms with Gasteiger partial charge in [-0.05, 0) is 56.1 Å². The number of carbonyl (C=O) groups excluding carboxylic acids is 2. The molecule has 0 saturated heterocycles. The van der Waals surface area contributed by atoms with Crippen LogP contribution in [0.4, 0.5) is 0 Å². The largest absolute Gasteiger partial charge is 0.464 e. The van der Waals surface area contributed by atoms with Crippen LogP contribution in [0.1, 0.15) is 59.4 Å². The quantitative estimate of drug-likeness (QED) is 0.151. The van der Waals surface area contributed by atoms with E-state index in [2.05, 4.69) is 39.0 Å². The van der Waals surface area contributed by atoms with Crippen LogP contribution in [0.25, 0.3) is 22.0 Å². The van der Waals surface area contributed by atoms with Gasteiger partial charge in [-0.15, -0.1) is 0 Å². The van der Waals surface area contributed by atoms with Crippen molar-refractivity contribution in [3.63, 3.8) is 0 Å². The Bertz CT molecular complexity index is 1280. The first-order chi connectivity index (χ1) is 16.3. The molecule has 0 bridgehead atoms. The van der Waals surface area contributed by atoms with Gasteiger partial charge in [-0.2, -0.15) is 5.10 Å². The molecular formula is C26H36ClN3O4Si. The van der Waals surface area contributed by atoms with Gasteiger partial charge in [0.15, 0.2) is 14.6 Å². The van der Waals surface area contributed by atoms with Crippen molar-refractivity contribution >= 4 is 43.1 Å². The monoisotopic (exact) mass is 517 g/mol. The second kappa shape index (κ2) is 9.91. The van der Waals surface area contributed by atoms with E-state index >= 15 is 0 Å². The highest BCUT2D eigenvalue weighted by molar-refractivity contribution is 6.74. The summed E-state index contributed by atoms with van der Waals surface area (Å²) in [5.74, 6) is -0.412. The highest BCUT2D eigenvalue weighted by Gasteiger charge is 2.37. The number of esters is 1. The van der Waals surface area contributed by atoms with Crippen molar-refractivity contribution in [1.29, 1.82) is 0 Å². The molecule has 0 atom stereocenters. The van der Waals surface area contributed by atoms with Crippen molar-refractivity contribution in [1.82, 2.24) is 14.3 Å². The highest BCUT2D eigenvalue weighted by atomic mass is 35.5. The van der Waals surface area contributed by atoms with E-state index in [0.717, 1.165) is 34.9 Å². The maximum atomic E-state index is 12.9. The van der Waals surface area contributed by atoms with Gasteiger partial charge in [-0.25, -0.2) is 4.79 Å². The average Bonchev–Trinajstić information content (AvgIpc) is 3.23. The second-order valence-corrected chi connectivity index (χ2v) is 15.7. The molecule has 9 heteroatoms. The minimum Gasteiger partial charge on any atom is -0.464 e. The highest BCUT2D eigenvalue weighted by Crippen LogP contribution is 2.42. The first-order valence-corrected chi connectivity index (χ1v) is 15.1. The maximum absolute atomic E-state index is 12.9. The minimum atomic E-state index is -1.87. The molecule has 0 fully saturated rings. The number of halogens is 1. The van der Waals surface area contributed by atoms with Gasteiger partial charge >= 0.3 is 5.97 Å². The molecule has 7 nitrogen and oxygen atoms in total. The molecule has 0 aliphatic heterocycles. The van der Waals surface area contributed by atoms with Crippen LogP contribution in [0, 0.1) is 13.8 Å². The smallest absolute Gasteiger partial charge is 0.354 e. The molecule has 0 aliphatic carbocycles. The van der Waals surface area contributed by atoms with Gasteiger partial charge in [0.05, 0.1) is 7.11 Å². The number of aromatic nitrogens is 3. The molecule has 2 aromatic heterocycles. The van der Waals surface area contributed by atoms with Crippen molar-refractivity contribution in [3.05, 3.63) is 39.8 Å². The first kappa shape index (κ1) is 27.2. The Hall–Kier alpha value is -2.42. The lowest BCUT2D eigenvalue weighted by Gasteiger charge is -2.36. The summed E-state index contributed by atoms with van der Waals surface area (Å²) < 4.78 is 15.2. The van der Waals surface area contributed by atoms with Crippen LogP contribution in [-0.2, 0) is 22.8 Å². The van der Waals surface area contributed by atoms with Crippen molar-refractivity contribution in [2.75, 3.05) is 13.7 Å². The molecule has 0 N–H and O–H groups in total. The lowest BCUT2D eigenvalue weighted by Crippen LogP contribution is -2.41. The molecule has 0 saturated carbocycles. The molecule has 3 aromatic rings. The third-order valence-corrected chi connectivity index (χ3v) is 12.2. The van der Waals surface area contributed by atoms with E-state index in [1.54, 1.807) is 11.7 Å². The van der Waals surface area contributed by atoms with Crippen molar-refractivity contribution in [3.8, 4) is 11.1 Å². The number of hydrogen-bond acceptors (Lipinski definition) is 5. The topological polar surface area (TPSA) is 75.4 Å². The summed E-state index contributed by atoms with van der Waals surface area (Å²) in [7, 11) is 1.31. The van der Waals surface area contributed by atoms with Crippen LogP contribution in [0.2, 0.25) is 23.2 Å². The number of rotatable bonds is 8. The molecule has 3 rings (SSSR count). The van der Waals surface area contributed by atoms with E-state index in [9.17, 15) is 9.59 Å². The number of fused-ring (bicyclic) bond motifs is 1. The predicted molar refractivity (Wildman–Crippen MR) is 143 cm³/mol. The Morgan fingerprint density at radius 1 is 1.20 bits per heavy atom. The van der Waals surface area contributed by atoms with E-state index in [1.807, 2.05) is 30.5 Å². The normalized spacial score (nSPS) is 12.4. The van der Waals surface area contributed by atoms with Gasteiger partial charge in [0, 0.05) is 52.9 Å². The molecule has 0 spiro atoms. The van der Waals surface area contributed by atoms with E-state index in [4.69, 9.17) is 20.8 Å². The van der Waals surface area contributed by atoms with Gasteiger partial charge in [0.2, 0.25) is 0 Å². The van der Waals surface area contributed by atoms with E-state index in [1.165, 1.54) is 7.11 Å². The second-order valence-electron chi connectivity index (χ2n) is 10.5. The Balaban J connectivity index is 2.14. The molecule has 0 aliphatic rings. The zero-order valence-corrected chi connectivity index (χ0v) is 24.0. The summed E-state index contributed by atoms with van der Waals surface area (Å²) in [6, 6.07) is 3.73. The zero-order valence-electron chi connectivity index (χ0n) is 22.2. The van der Waals surface area contributed by atoms with Crippen LogP contribution in [-0.4, -0.2) is 48.6 Å². The number of methoxy groups -OCH3 is 1. The van der Waals surface area contributed by atoms with Crippen LogP contribution in [0.15, 0.2) is 12.1 Å². The molecule has 1 aromatic carbocycles. The number of carbonyl (C=O) groups is 2. The molecule has 2 heterocycles. The standard InChI is InChI=1S/C26H36ClN3O4Si/c1-16-21-20(12-11-18(27)23(21)22-17(2)29(6)28-19(22)15-31)30(24(16)25(32)33-7)13-10-14-34-35(8,9)26(3,4)5/h11-12,15H,10,13-14H2,1-9H3. The molecule has 190 valence electrons. The Morgan fingerprint density at radius 2 is 1.86 bits per heavy atom. The fraction of sp³-hybridized carbons (Fsp3) is 0.500. The Labute approximate surface area is 213 Å². The average molecular weight is 518 g/mol. The number of aldehydes is 1. The molecule has 35 heavy (non-hydrogen) atoms. The summed E-state index contributed by atoms with van der Waals surface area (Å²) in [5, 5.41) is 5.79. The SMILES string of the molecule is COC(=O)c1c(C)c2c(-c3c(C=O)nn(C)c3C)c(Cl)ccc2n1CCCO[Si](C)(C)C(C)(C)C. The van der Waals surface area contributed by atoms with Gasteiger partial charge in [-0.1, -0.05) is 32.4 Å². The fourth-order valence-electron chi connectivity index (χ4n) is 4.24. The Kier molecular flexibility index (Phi) is 7.69. The molecular weight excluding hydrogens is 482 g/mol. The van der Waals surface area contributed by atoms with Crippen molar-refractivity contribution in [2.45, 2.75) is 65.7 Å². The number of aryl methyl sites for hydroxylation is 3. The van der Waals surface area contributed by atoms with Gasteiger partial charge < -0.3 is 13.7 Å². The van der Waals surface area contributed by atoms with E-state index in [-0.39, 0.29) is 5.04 Å². The zero-order chi connectivity index (χ0) is 26.3. The lowest BCUT2D eigenvalue weighted by atomic mass is 9.97. The van der Waals surface area contributed by atoms with Gasteiger partial charge in [0.1, 0.15) is 11.4 Å². The van der Waals surface area contributed by atoms with Crippen LogP contribution in [0.3, 0.4) is 0 Å². The lowest BCUT2D eigenvalue weighted by molar-refractivity contribution is 0.0587. The van der Waals surface area contributed by atoms with Crippen LogP contribution >= 0.6 is 11.6 Å². The van der Waals surface area contributed by atoms with Gasteiger partial charge in [0.25, 0.3) is 0 Å². The van der Waals surface area contributed by atoms with Crippen LogP contribution in [0.5, 0.6) is 0 Å². The third kappa shape index (κ3) is 4.84. The summed E-state index contributed by atoms with van der Waals surface area (Å²) in [5.41, 5.74) is 4.61. The van der Waals surface area contributed by atoms with E-state index in [0.29, 0.717) is 40.7 Å². The first-order valence-electron chi connectivity index (χ1n) is 11.8. The maximum Gasteiger partial charge on any atom is 0.354 e. The Morgan fingerprint density at radius 3 is 2.43 bits per heavy atom. The van der Waals surface area contributed by atoms with Crippen molar-refractivity contribution in [2.24, 2.45) is 7.05 Å². The minimum absolute atomic E-state index is 0.129. The van der Waals surface area contributed by atoms with Crippen LogP contribution < -0.4 is 0 Å². The summed E-state index contributed by atoms with van der Waals surface area (Å²) >= 11 is 6.72. The molecule has 0 amide bonds. The number of ether oxygens (including phenoxy) is 1. The molecule has 0 radical (unpaired) electrons. The number of hydrogen-bond donors (Lipinski definition) is 0. The molecule has 0 unspecified atom stereocenters. The summed E-state index contributed by atoms with van der Waals surface area (Å²) in [6.45, 7) is 16.1. The van der Waals surface area contributed by atoms with Crippen molar-refractivity contribution < 1.29 is 18.8 Å². The van der Waals surface area contributed by atoms with E-state index < -0.39 is 14.3 Å².